The van der Waals surface area contributed by atoms with Gasteiger partial charge in [0.25, 0.3) is 5.89 Å². The fourth-order valence-corrected chi connectivity index (χ4v) is 4.57. The lowest BCUT2D eigenvalue weighted by Gasteiger charge is -2.23. The standard InChI is InChI=1S/C28H22F7N5O3/c29-20-3-5-21(6-4-20)40(24(41)10-18-1-2-19(27(30,31)32)11-22(18)28(33,34)35)14-23-38-39-26(43-23)25-36-12-17(13-37-25)9-16-7-8-42-15-16/h1-6,11-13,16H,7-10,14-15H2. The highest BCUT2D eigenvalue weighted by molar-refractivity contribution is 5.94. The Morgan fingerprint density at radius 3 is 2.30 bits per heavy atom. The average Bonchev–Trinajstić information content (AvgIpc) is 3.64. The summed E-state index contributed by atoms with van der Waals surface area (Å²) in [6.07, 6.45) is -6.22. The Hall–Kier alpha value is -4.40. The van der Waals surface area contributed by atoms with Crippen LogP contribution in [0.4, 0.5) is 36.4 Å². The van der Waals surface area contributed by atoms with Gasteiger partial charge in [-0.15, -0.1) is 10.2 Å². The summed E-state index contributed by atoms with van der Waals surface area (Å²) < 4.78 is 105. The largest absolute Gasteiger partial charge is 0.416 e. The van der Waals surface area contributed by atoms with Crippen LogP contribution in [0.1, 0.15) is 34.6 Å². The molecule has 1 aliphatic rings. The van der Waals surface area contributed by atoms with Gasteiger partial charge in [-0.3, -0.25) is 4.79 Å². The molecular formula is C28H22F7N5O3. The van der Waals surface area contributed by atoms with Gasteiger partial charge in [-0.25, -0.2) is 14.4 Å². The molecule has 1 unspecified atom stereocenters. The summed E-state index contributed by atoms with van der Waals surface area (Å²) in [7, 11) is 0. The highest BCUT2D eigenvalue weighted by Crippen LogP contribution is 2.38. The molecule has 226 valence electrons. The van der Waals surface area contributed by atoms with E-state index in [4.69, 9.17) is 9.15 Å². The van der Waals surface area contributed by atoms with Crippen LogP contribution < -0.4 is 4.90 Å². The molecule has 0 bridgehead atoms. The van der Waals surface area contributed by atoms with Gasteiger partial charge in [0.15, 0.2) is 0 Å². The number of hydrogen-bond donors (Lipinski definition) is 0. The van der Waals surface area contributed by atoms with E-state index in [-0.39, 0.29) is 29.4 Å². The maximum absolute atomic E-state index is 13.7. The Bertz CT molecular complexity index is 1570. The van der Waals surface area contributed by atoms with Gasteiger partial charge in [-0.05, 0) is 66.3 Å². The highest BCUT2D eigenvalue weighted by Gasteiger charge is 2.38. The summed E-state index contributed by atoms with van der Waals surface area (Å²) in [6, 6.07) is 5.51. The number of benzene rings is 2. The first-order valence-corrected chi connectivity index (χ1v) is 12.9. The molecule has 1 fully saturated rings. The van der Waals surface area contributed by atoms with Crippen LogP contribution in [0.25, 0.3) is 11.7 Å². The lowest BCUT2D eigenvalue weighted by molar-refractivity contribution is -0.143. The van der Waals surface area contributed by atoms with Crippen molar-refractivity contribution < 1.29 is 44.7 Å². The second-order valence-corrected chi connectivity index (χ2v) is 9.85. The average molecular weight is 610 g/mol. The zero-order chi connectivity index (χ0) is 30.8. The lowest BCUT2D eigenvalue weighted by Crippen LogP contribution is -2.32. The van der Waals surface area contributed by atoms with Gasteiger partial charge in [0, 0.05) is 31.3 Å². The minimum atomic E-state index is -5.17. The van der Waals surface area contributed by atoms with Gasteiger partial charge in [-0.2, -0.15) is 26.3 Å². The number of amides is 1. The SMILES string of the molecule is O=C(Cc1ccc(C(F)(F)F)cc1C(F)(F)F)N(Cc1nnc(-c2ncc(CC3CCOC3)cn2)o1)c1ccc(F)cc1. The zero-order valence-corrected chi connectivity index (χ0v) is 22.1. The molecule has 2 aromatic heterocycles. The Morgan fingerprint density at radius 2 is 1.67 bits per heavy atom. The number of hydrogen-bond acceptors (Lipinski definition) is 7. The Balaban J connectivity index is 1.38. The van der Waals surface area contributed by atoms with E-state index in [0.717, 1.165) is 35.4 Å². The van der Waals surface area contributed by atoms with Crippen LogP contribution in [-0.2, 0) is 41.3 Å². The molecule has 2 aromatic carbocycles. The quantitative estimate of drug-likeness (QED) is 0.224. The van der Waals surface area contributed by atoms with E-state index in [1.807, 2.05) is 0 Å². The monoisotopic (exact) mass is 609 g/mol. The first-order chi connectivity index (χ1) is 20.4. The fourth-order valence-electron chi connectivity index (χ4n) is 4.57. The van der Waals surface area contributed by atoms with Crippen molar-refractivity contribution in [3.8, 4) is 11.7 Å². The molecule has 3 heterocycles. The summed E-state index contributed by atoms with van der Waals surface area (Å²) in [6.45, 7) is 0.924. The molecule has 1 atom stereocenters. The summed E-state index contributed by atoms with van der Waals surface area (Å²) in [5, 5.41) is 7.77. The molecule has 0 radical (unpaired) electrons. The number of rotatable bonds is 8. The number of anilines is 1. The highest BCUT2D eigenvalue weighted by atomic mass is 19.4. The molecule has 0 saturated carbocycles. The van der Waals surface area contributed by atoms with Crippen molar-refractivity contribution in [2.24, 2.45) is 5.92 Å². The molecule has 0 aliphatic carbocycles. The molecule has 43 heavy (non-hydrogen) atoms. The lowest BCUT2D eigenvalue weighted by atomic mass is 10.00. The normalized spacial score (nSPS) is 15.6. The van der Waals surface area contributed by atoms with Gasteiger partial charge < -0.3 is 14.1 Å². The zero-order valence-electron chi connectivity index (χ0n) is 22.1. The van der Waals surface area contributed by atoms with E-state index in [2.05, 4.69) is 20.2 Å². The number of carbonyl (C=O) groups excluding carboxylic acids is 1. The third-order valence-electron chi connectivity index (χ3n) is 6.73. The van der Waals surface area contributed by atoms with Crippen molar-refractivity contribution in [1.82, 2.24) is 20.2 Å². The second kappa shape index (κ2) is 12.1. The van der Waals surface area contributed by atoms with Crippen molar-refractivity contribution in [3.63, 3.8) is 0 Å². The topological polar surface area (TPSA) is 94.2 Å². The third-order valence-corrected chi connectivity index (χ3v) is 6.73. The minimum Gasteiger partial charge on any atom is -0.416 e. The summed E-state index contributed by atoms with van der Waals surface area (Å²) >= 11 is 0. The van der Waals surface area contributed by atoms with Crippen molar-refractivity contribution in [2.75, 3.05) is 18.1 Å². The molecule has 1 amide bonds. The van der Waals surface area contributed by atoms with Crippen LogP contribution in [0.3, 0.4) is 0 Å². The van der Waals surface area contributed by atoms with Gasteiger partial charge in [-0.1, -0.05) is 6.07 Å². The van der Waals surface area contributed by atoms with E-state index >= 15 is 0 Å². The third kappa shape index (κ3) is 7.34. The molecule has 0 spiro atoms. The Kier molecular flexibility index (Phi) is 8.44. The molecule has 1 saturated heterocycles. The van der Waals surface area contributed by atoms with Crippen LogP contribution in [0.5, 0.6) is 0 Å². The van der Waals surface area contributed by atoms with Gasteiger partial charge in [0.05, 0.1) is 17.5 Å². The Labute approximate surface area is 239 Å². The first kappa shape index (κ1) is 30.1. The van der Waals surface area contributed by atoms with E-state index < -0.39 is 53.7 Å². The molecular weight excluding hydrogens is 587 g/mol. The molecule has 4 aromatic rings. The van der Waals surface area contributed by atoms with Gasteiger partial charge in [0.2, 0.25) is 17.6 Å². The molecule has 1 aliphatic heterocycles. The van der Waals surface area contributed by atoms with Crippen molar-refractivity contribution >= 4 is 11.6 Å². The van der Waals surface area contributed by atoms with Crippen LogP contribution in [0.15, 0.2) is 59.3 Å². The Morgan fingerprint density at radius 1 is 0.953 bits per heavy atom. The van der Waals surface area contributed by atoms with Crippen LogP contribution in [-0.4, -0.2) is 39.3 Å². The summed E-state index contributed by atoms with van der Waals surface area (Å²) in [5.41, 5.74) is -2.83. The predicted molar refractivity (Wildman–Crippen MR) is 136 cm³/mol. The number of aromatic nitrogens is 4. The maximum atomic E-state index is 13.7. The van der Waals surface area contributed by atoms with Crippen molar-refractivity contribution in [2.45, 2.75) is 38.2 Å². The number of alkyl halides is 6. The maximum Gasteiger partial charge on any atom is 0.416 e. The molecule has 8 nitrogen and oxygen atoms in total. The number of nitrogens with zero attached hydrogens (tertiary/aromatic N) is 5. The smallest absolute Gasteiger partial charge is 0.416 e. The number of carbonyl (C=O) groups is 1. The summed E-state index contributed by atoms with van der Waals surface area (Å²) in [5.74, 6) is -1.35. The molecule has 5 rings (SSSR count). The fraction of sp³-hybridized carbons (Fsp3) is 0.321. The van der Waals surface area contributed by atoms with Crippen molar-refractivity contribution in [1.29, 1.82) is 0 Å². The van der Waals surface area contributed by atoms with Gasteiger partial charge >= 0.3 is 12.4 Å². The summed E-state index contributed by atoms with van der Waals surface area (Å²) in [4.78, 5) is 22.8. The van der Waals surface area contributed by atoms with Crippen molar-refractivity contribution in [3.05, 3.63) is 88.8 Å². The first-order valence-electron chi connectivity index (χ1n) is 12.9. The van der Waals surface area contributed by atoms with E-state index in [1.165, 1.54) is 12.1 Å². The molecule has 0 N–H and O–H groups in total. The molecule has 15 heteroatoms. The van der Waals surface area contributed by atoms with E-state index in [0.29, 0.717) is 31.3 Å². The second-order valence-electron chi connectivity index (χ2n) is 9.85. The van der Waals surface area contributed by atoms with E-state index in [9.17, 15) is 35.5 Å². The van der Waals surface area contributed by atoms with Crippen LogP contribution in [0.2, 0.25) is 0 Å². The van der Waals surface area contributed by atoms with E-state index in [1.54, 1.807) is 12.4 Å². The number of halogens is 7. The van der Waals surface area contributed by atoms with Gasteiger partial charge in [0.1, 0.15) is 12.4 Å². The van der Waals surface area contributed by atoms with Crippen LogP contribution in [0, 0.1) is 11.7 Å². The predicted octanol–water partition coefficient (Wildman–Crippen LogP) is 6.06. The number of ether oxygens (including phenoxy) is 1. The van der Waals surface area contributed by atoms with Crippen LogP contribution >= 0.6 is 0 Å². The minimum absolute atomic E-state index is 0.0397.